The lowest BCUT2D eigenvalue weighted by molar-refractivity contribution is -0.115. The molecule has 64 heavy (non-hydrogen) atoms. The Bertz CT molecular complexity index is 3170. The molecule has 1 heterocycles. The Kier molecular flexibility index (Phi) is 12.8. The highest BCUT2D eigenvalue weighted by Crippen LogP contribution is 2.43. The Morgan fingerprint density at radius 3 is 2.27 bits per heavy atom. The van der Waals surface area contributed by atoms with Crippen molar-refractivity contribution in [1.29, 1.82) is 10.5 Å². The third-order valence-electron chi connectivity index (χ3n) is 10.6. The minimum Gasteiger partial charge on any atom is -0.506 e. The summed E-state index contributed by atoms with van der Waals surface area (Å²) < 4.78 is 66.8. The van der Waals surface area contributed by atoms with E-state index in [-0.39, 0.29) is 79.6 Å². The van der Waals surface area contributed by atoms with Crippen LogP contribution in [0, 0.1) is 36.5 Å². The number of aromatic hydroxyl groups is 2. The maximum absolute atomic E-state index is 14.1. The molecule has 0 aliphatic carbocycles. The van der Waals surface area contributed by atoms with Crippen molar-refractivity contribution in [3.63, 3.8) is 0 Å². The summed E-state index contributed by atoms with van der Waals surface area (Å²) in [4.78, 5) is 13.9. The Morgan fingerprint density at radius 1 is 0.797 bits per heavy atom. The summed E-state index contributed by atoms with van der Waals surface area (Å²) in [5.74, 6) is -0.836. The molecule has 7 rings (SSSR count). The number of anilines is 4. The maximum Gasteiger partial charge on any atom is 0.264 e. The van der Waals surface area contributed by atoms with Gasteiger partial charge in [0.25, 0.3) is 20.0 Å². The van der Waals surface area contributed by atoms with Gasteiger partial charge in [-0.3, -0.25) is 14.2 Å². The van der Waals surface area contributed by atoms with Crippen LogP contribution in [-0.4, -0.2) is 59.3 Å². The number of phenols is 2. The van der Waals surface area contributed by atoms with Crippen LogP contribution in [0.25, 0.3) is 10.8 Å². The van der Waals surface area contributed by atoms with Crippen molar-refractivity contribution in [3.8, 4) is 23.6 Å². The van der Waals surface area contributed by atoms with Crippen molar-refractivity contribution in [2.45, 2.75) is 43.4 Å². The van der Waals surface area contributed by atoms with E-state index < -0.39 is 20.0 Å². The first kappa shape index (κ1) is 44.5. The molecule has 0 unspecified atom stereocenters. The van der Waals surface area contributed by atoms with Crippen molar-refractivity contribution in [1.82, 2.24) is 0 Å². The predicted octanol–water partition coefficient (Wildman–Crippen LogP) is 8.40. The Hall–Kier alpha value is -7.51. The minimum atomic E-state index is -4.40. The lowest BCUT2D eigenvalue weighted by atomic mass is 9.96. The summed E-state index contributed by atoms with van der Waals surface area (Å²) in [6.07, 6.45) is 0.285. The number of sulfonamides is 2. The highest BCUT2D eigenvalue weighted by atomic mass is 32.2. The maximum atomic E-state index is 14.1. The van der Waals surface area contributed by atoms with Gasteiger partial charge in [0.15, 0.2) is 0 Å². The second-order valence-electron chi connectivity index (χ2n) is 15.0. The number of carbonyl (C=O) groups is 1. The summed E-state index contributed by atoms with van der Waals surface area (Å²) in [6, 6.07) is 28.3. The first-order chi connectivity index (χ1) is 30.6. The summed E-state index contributed by atoms with van der Waals surface area (Å²) >= 11 is 0. The average Bonchev–Trinajstić information content (AvgIpc) is 3.28. The van der Waals surface area contributed by atoms with E-state index in [1.807, 2.05) is 17.0 Å². The number of aryl methyl sites for hydroxylation is 2. The molecular formula is C46H42N8O8S2. The van der Waals surface area contributed by atoms with Crippen molar-refractivity contribution in [3.05, 3.63) is 130 Å². The number of morpholine rings is 1. The molecule has 1 saturated heterocycles. The SMILES string of the molecule is CCC(=O)Nc1cc(N=Nc2ccc(C#N)c(C#N)c2)c2c(Cc3cccc(S(=O)(=O)Nc4ccc(N5CCOCC5)c(S(=O)(=O)Nc5cc(C)c(C)cc5O)c4)c3)cccc2c1O. The van der Waals surface area contributed by atoms with E-state index in [9.17, 15) is 42.4 Å². The van der Waals surface area contributed by atoms with E-state index in [2.05, 4.69) is 25.0 Å². The fourth-order valence-corrected chi connectivity index (χ4v) is 9.61. The van der Waals surface area contributed by atoms with Crippen molar-refractivity contribution < 1.29 is 36.6 Å². The quantitative estimate of drug-likeness (QED) is 0.0544. The fraction of sp³-hybridized carbons (Fsp3) is 0.196. The van der Waals surface area contributed by atoms with Gasteiger partial charge in [0.05, 0.1) is 63.4 Å². The zero-order valence-electron chi connectivity index (χ0n) is 34.9. The molecule has 6 aromatic carbocycles. The van der Waals surface area contributed by atoms with Crippen LogP contribution < -0.4 is 19.7 Å². The van der Waals surface area contributed by atoms with Crippen molar-refractivity contribution in [2.75, 3.05) is 46.0 Å². The molecule has 5 N–H and O–H groups in total. The van der Waals surface area contributed by atoms with Crippen LogP contribution in [0.3, 0.4) is 0 Å². The normalized spacial score (nSPS) is 13.0. The lowest BCUT2D eigenvalue weighted by Crippen LogP contribution is -2.37. The van der Waals surface area contributed by atoms with E-state index in [0.29, 0.717) is 53.9 Å². The summed E-state index contributed by atoms with van der Waals surface area (Å²) in [6.45, 7) is 6.75. The molecule has 1 fully saturated rings. The molecular weight excluding hydrogens is 857 g/mol. The molecule has 16 nitrogen and oxygen atoms in total. The number of nitriles is 2. The number of hydrogen-bond acceptors (Lipinski definition) is 13. The van der Waals surface area contributed by atoms with Gasteiger partial charge in [-0.1, -0.05) is 37.3 Å². The number of benzene rings is 6. The molecule has 18 heteroatoms. The van der Waals surface area contributed by atoms with E-state index in [1.165, 1.54) is 66.7 Å². The number of phenolic OH excluding ortho intramolecular Hbond substituents is 2. The largest absolute Gasteiger partial charge is 0.506 e. The number of amides is 1. The monoisotopic (exact) mass is 898 g/mol. The number of fused-ring (bicyclic) bond motifs is 1. The molecule has 1 aliphatic rings. The molecule has 1 aliphatic heterocycles. The Balaban J connectivity index is 1.23. The zero-order valence-corrected chi connectivity index (χ0v) is 36.5. The summed E-state index contributed by atoms with van der Waals surface area (Å²) in [5.41, 5.74) is 3.85. The van der Waals surface area contributed by atoms with E-state index in [4.69, 9.17) is 4.74 Å². The third kappa shape index (κ3) is 9.59. The topological polar surface area (TPSA) is 247 Å². The van der Waals surface area contributed by atoms with Gasteiger partial charge < -0.3 is 25.2 Å². The Labute approximate surface area is 370 Å². The number of ether oxygens (including phenoxy) is 1. The highest BCUT2D eigenvalue weighted by molar-refractivity contribution is 7.93. The van der Waals surface area contributed by atoms with Crippen LogP contribution in [0.4, 0.5) is 34.1 Å². The average molecular weight is 899 g/mol. The first-order valence-electron chi connectivity index (χ1n) is 20.0. The molecule has 6 aromatic rings. The number of nitrogens with one attached hydrogen (secondary N) is 3. The third-order valence-corrected chi connectivity index (χ3v) is 13.4. The van der Waals surface area contributed by atoms with Gasteiger partial charge in [0.1, 0.15) is 28.5 Å². The van der Waals surface area contributed by atoms with Crippen molar-refractivity contribution >= 4 is 70.9 Å². The lowest BCUT2D eigenvalue weighted by Gasteiger charge is -2.30. The number of rotatable bonds is 13. The van der Waals surface area contributed by atoms with Gasteiger partial charge in [-0.05, 0) is 109 Å². The second kappa shape index (κ2) is 18.5. The van der Waals surface area contributed by atoms with Crippen molar-refractivity contribution in [2.24, 2.45) is 10.2 Å². The molecule has 0 bridgehead atoms. The van der Waals surface area contributed by atoms with Crippen LogP contribution in [0.1, 0.15) is 46.7 Å². The Morgan fingerprint density at radius 2 is 1.53 bits per heavy atom. The summed E-state index contributed by atoms with van der Waals surface area (Å²) in [7, 11) is -8.72. The number of hydrogen-bond donors (Lipinski definition) is 5. The number of azo groups is 1. The molecule has 0 spiro atoms. The fourth-order valence-electron chi connectivity index (χ4n) is 7.18. The molecule has 0 atom stereocenters. The van der Waals surface area contributed by atoms with E-state index in [1.54, 1.807) is 51.1 Å². The van der Waals surface area contributed by atoms with Gasteiger partial charge in [0.2, 0.25) is 5.91 Å². The van der Waals surface area contributed by atoms with Crippen LogP contribution in [0.5, 0.6) is 11.5 Å². The van der Waals surface area contributed by atoms with E-state index >= 15 is 0 Å². The standard InChI is InChI=1S/C46H42N8O8S2/c1-4-44(56)49-40-25-39(51-50-34-12-11-32(26-47)33(23-34)27-48)45-31(8-6-10-37(45)46(40)57)21-30-7-5-9-36(22-30)63(58,59)52-35-13-14-41(54-15-17-62-18-16-54)43(24-35)64(60,61)53-38-19-28(2)29(3)20-42(38)55/h5-14,19-20,22-25,52-53,55,57H,4,15-18,21H2,1-3H3,(H,49,56). The zero-order chi connectivity index (χ0) is 45.8. The first-order valence-corrected chi connectivity index (χ1v) is 22.9. The summed E-state index contributed by atoms with van der Waals surface area (Å²) in [5, 5.41) is 53.2. The van der Waals surface area contributed by atoms with Crippen LogP contribution >= 0.6 is 0 Å². The molecule has 326 valence electrons. The molecule has 0 aromatic heterocycles. The predicted molar refractivity (Wildman–Crippen MR) is 243 cm³/mol. The second-order valence-corrected chi connectivity index (χ2v) is 18.3. The van der Waals surface area contributed by atoms with Gasteiger partial charge >= 0.3 is 0 Å². The highest BCUT2D eigenvalue weighted by Gasteiger charge is 2.27. The molecule has 1 amide bonds. The molecule has 0 radical (unpaired) electrons. The van der Waals surface area contributed by atoms with Gasteiger partial charge in [-0.2, -0.15) is 15.6 Å². The molecule has 0 saturated carbocycles. The number of nitrogens with zero attached hydrogens (tertiary/aromatic N) is 5. The minimum absolute atomic E-state index is 0.0262. The van der Waals surface area contributed by atoms with Crippen LogP contribution in [0.2, 0.25) is 0 Å². The van der Waals surface area contributed by atoms with Gasteiger partial charge in [0, 0.05) is 30.3 Å². The van der Waals surface area contributed by atoms with Crippen LogP contribution in [0.15, 0.2) is 117 Å². The smallest absolute Gasteiger partial charge is 0.264 e. The van der Waals surface area contributed by atoms with Crippen LogP contribution in [-0.2, 0) is 36.0 Å². The van der Waals surface area contributed by atoms with Gasteiger partial charge in [-0.15, -0.1) is 5.11 Å². The number of carbonyl (C=O) groups excluding carboxylic acids is 1. The van der Waals surface area contributed by atoms with Gasteiger partial charge in [-0.25, -0.2) is 16.8 Å². The van der Waals surface area contributed by atoms with E-state index in [0.717, 1.165) is 11.1 Å².